The van der Waals surface area contributed by atoms with E-state index in [-0.39, 0.29) is 23.7 Å². The van der Waals surface area contributed by atoms with Crippen molar-refractivity contribution in [3.05, 3.63) is 38.7 Å². The molecule has 0 saturated carbocycles. The van der Waals surface area contributed by atoms with Gasteiger partial charge in [-0.25, -0.2) is 4.79 Å². The molecular weight excluding hydrogens is 400 g/mol. The molecule has 2 heterocycles. The first kappa shape index (κ1) is 25.0. The van der Waals surface area contributed by atoms with Gasteiger partial charge >= 0.3 is 5.69 Å². The van der Waals surface area contributed by atoms with Crippen LogP contribution in [0.25, 0.3) is 6.08 Å². The minimum atomic E-state index is -0.540. The second-order valence-electron chi connectivity index (χ2n) is 7.92. The fourth-order valence-electron chi connectivity index (χ4n) is 3.30. The molecule has 4 N–H and O–H groups in total. The summed E-state index contributed by atoms with van der Waals surface area (Å²) in [5.74, 6) is -0.282. The average molecular weight is 437 g/mol. The number of H-pyrrole nitrogens is 1. The number of nitrogens with zero attached hydrogens (tertiary/aromatic N) is 1. The summed E-state index contributed by atoms with van der Waals surface area (Å²) in [5, 5.41) is 2.79. The molecule has 1 fully saturated rings. The van der Waals surface area contributed by atoms with E-state index in [1.807, 2.05) is 6.92 Å². The van der Waals surface area contributed by atoms with Crippen molar-refractivity contribution in [3.8, 4) is 0 Å². The lowest BCUT2D eigenvalue weighted by Crippen LogP contribution is -2.33. The summed E-state index contributed by atoms with van der Waals surface area (Å²) >= 11 is 0. The Bertz CT molecular complexity index is 832. The Labute approximate surface area is 183 Å². The van der Waals surface area contributed by atoms with E-state index in [0.717, 1.165) is 38.5 Å². The maximum absolute atomic E-state index is 12.3. The molecule has 1 aliphatic heterocycles. The number of rotatable bonds is 13. The van der Waals surface area contributed by atoms with Crippen LogP contribution < -0.4 is 22.3 Å². The molecular formula is C22H36N4O5. The normalized spacial score (nSPS) is 19.7. The lowest BCUT2D eigenvalue weighted by Gasteiger charge is -2.18. The molecule has 174 valence electrons. The third-order valence-electron chi connectivity index (χ3n) is 5.38. The van der Waals surface area contributed by atoms with Gasteiger partial charge in [-0.15, -0.1) is 0 Å². The number of hydrogen-bond acceptors (Lipinski definition) is 6. The van der Waals surface area contributed by atoms with Crippen LogP contribution in [0.5, 0.6) is 0 Å². The van der Waals surface area contributed by atoms with Crippen LogP contribution in [-0.4, -0.2) is 47.4 Å². The number of nitrogens with two attached hydrogens (primary N) is 1. The first-order chi connectivity index (χ1) is 14.9. The maximum atomic E-state index is 12.3. The smallest absolute Gasteiger partial charge is 0.330 e. The zero-order valence-corrected chi connectivity index (χ0v) is 18.6. The first-order valence-electron chi connectivity index (χ1n) is 11.2. The van der Waals surface area contributed by atoms with E-state index in [1.165, 1.54) is 22.9 Å². The zero-order chi connectivity index (χ0) is 22.6. The van der Waals surface area contributed by atoms with Crippen LogP contribution in [-0.2, 0) is 14.3 Å². The molecule has 1 aliphatic rings. The van der Waals surface area contributed by atoms with Crippen LogP contribution >= 0.6 is 0 Å². The van der Waals surface area contributed by atoms with Gasteiger partial charge in [0.15, 0.2) is 0 Å². The Morgan fingerprint density at radius 1 is 1.35 bits per heavy atom. The van der Waals surface area contributed by atoms with E-state index in [1.54, 1.807) is 0 Å². The van der Waals surface area contributed by atoms with Crippen LogP contribution in [0.3, 0.4) is 0 Å². The highest BCUT2D eigenvalue weighted by Gasteiger charge is 2.28. The van der Waals surface area contributed by atoms with Crippen LogP contribution in [0.15, 0.2) is 21.9 Å². The van der Waals surface area contributed by atoms with Crippen LogP contribution in [0.4, 0.5) is 0 Å². The van der Waals surface area contributed by atoms with Crippen molar-refractivity contribution in [1.29, 1.82) is 0 Å². The summed E-state index contributed by atoms with van der Waals surface area (Å²) in [5.41, 5.74) is 4.61. The molecule has 3 unspecified atom stereocenters. The molecule has 1 amide bonds. The van der Waals surface area contributed by atoms with E-state index in [9.17, 15) is 14.4 Å². The standard InChI is InChI=1S/C22H36N4O5/c1-3-16(2)30-15-18-9-11-20(31-18)26-14-17(21(28)25-22(26)29)8-10-19(27)24-13-7-5-4-6-12-23/h8,10,14,16,18,20H,3-7,9,11-13,15,23H2,1-2H3,(H,24,27)(H,25,28,29)/b10-8+. The van der Waals surface area contributed by atoms with Gasteiger partial charge < -0.3 is 20.5 Å². The monoisotopic (exact) mass is 436 g/mol. The molecule has 0 aromatic carbocycles. The fourth-order valence-corrected chi connectivity index (χ4v) is 3.30. The molecule has 2 rings (SSSR count). The Morgan fingerprint density at radius 3 is 2.87 bits per heavy atom. The molecule has 1 aromatic heterocycles. The van der Waals surface area contributed by atoms with Crippen LogP contribution in [0.1, 0.15) is 70.6 Å². The second kappa shape index (κ2) is 13.2. The van der Waals surface area contributed by atoms with Crippen molar-refractivity contribution in [3.63, 3.8) is 0 Å². The predicted octanol–water partition coefficient (Wildman–Crippen LogP) is 1.68. The number of amides is 1. The molecule has 9 nitrogen and oxygen atoms in total. The van der Waals surface area contributed by atoms with Gasteiger partial charge in [-0.3, -0.25) is 19.1 Å². The molecule has 3 atom stereocenters. The van der Waals surface area contributed by atoms with Gasteiger partial charge in [0.1, 0.15) is 6.23 Å². The van der Waals surface area contributed by atoms with E-state index in [0.29, 0.717) is 26.1 Å². The van der Waals surface area contributed by atoms with Gasteiger partial charge in [0, 0.05) is 18.8 Å². The Morgan fingerprint density at radius 2 is 2.13 bits per heavy atom. The minimum absolute atomic E-state index is 0.0903. The summed E-state index contributed by atoms with van der Waals surface area (Å²) in [7, 11) is 0. The predicted molar refractivity (Wildman–Crippen MR) is 120 cm³/mol. The lowest BCUT2D eigenvalue weighted by molar-refractivity contribution is -0.116. The molecule has 1 saturated heterocycles. The summed E-state index contributed by atoms with van der Waals surface area (Å²) in [6, 6.07) is 0. The topological polar surface area (TPSA) is 128 Å². The number of carbonyl (C=O) groups excluding carboxylic acids is 1. The minimum Gasteiger partial charge on any atom is -0.376 e. The summed E-state index contributed by atoms with van der Waals surface area (Å²) in [4.78, 5) is 38.7. The fraction of sp³-hybridized carbons (Fsp3) is 0.682. The molecule has 0 bridgehead atoms. The number of hydrogen-bond donors (Lipinski definition) is 3. The summed E-state index contributed by atoms with van der Waals surface area (Å²) < 4.78 is 13.0. The lowest BCUT2D eigenvalue weighted by atomic mass is 10.2. The largest absolute Gasteiger partial charge is 0.376 e. The van der Waals surface area contributed by atoms with Crippen molar-refractivity contribution < 1.29 is 14.3 Å². The highest BCUT2D eigenvalue weighted by molar-refractivity contribution is 5.91. The van der Waals surface area contributed by atoms with Crippen LogP contribution in [0.2, 0.25) is 0 Å². The Balaban J connectivity index is 1.92. The van der Waals surface area contributed by atoms with Gasteiger partial charge in [0.05, 0.1) is 24.4 Å². The van der Waals surface area contributed by atoms with Gasteiger partial charge in [-0.1, -0.05) is 19.8 Å². The first-order valence-corrected chi connectivity index (χ1v) is 11.2. The number of aromatic nitrogens is 2. The number of nitrogens with one attached hydrogen (secondary N) is 2. The summed E-state index contributed by atoms with van der Waals surface area (Å²) in [6.07, 6.45) is 10.0. The van der Waals surface area contributed by atoms with Gasteiger partial charge in [-0.2, -0.15) is 0 Å². The number of ether oxygens (including phenoxy) is 2. The molecule has 0 spiro atoms. The van der Waals surface area contributed by atoms with Crippen molar-refractivity contribution in [2.24, 2.45) is 5.73 Å². The van der Waals surface area contributed by atoms with Crippen molar-refractivity contribution >= 4 is 12.0 Å². The van der Waals surface area contributed by atoms with Gasteiger partial charge in [0.2, 0.25) is 5.91 Å². The number of unbranched alkanes of at least 4 members (excludes halogenated alkanes) is 3. The van der Waals surface area contributed by atoms with E-state index >= 15 is 0 Å². The molecule has 0 radical (unpaired) electrons. The van der Waals surface area contributed by atoms with E-state index < -0.39 is 17.5 Å². The quantitative estimate of drug-likeness (QED) is 0.319. The average Bonchev–Trinajstić information content (AvgIpc) is 3.22. The number of carbonyl (C=O) groups is 1. The molecule has 9 heteroatoms. The summed E-state index contributed by atoms with van der Waals surface area (Å²) in [6.45, 7) is 5.80. The third kappa shape index (κ3) is 8.43. The number of aromatic amines is 1. The Hall–Kier alpha value is -2.23. The van der Waals surface area contributed by atoms with Crippen molar-refractivity contribution in [2.45, 2.75) is 77.2 Å². The Kier molecular flexibility index (Phi) is 10.7. The molecule has 0 aliphatic carbocycles. The van der Waals surface area contributed by atoms with Crippen molar-refractivity contribution in [2.75, 3.05) is 19.7 Å². The highest BCUT2D eigenvalue weighted by Crippen LogP contribution is 2.27. The van der Waals surface area contributed by atoms with E-state index in [4.69, 9.17) is 15.2 Å². The van der Waals surface area contributed by atoms with Gasteiger partial charge in [0.25, 0.3) is 5.56 Å². The zero-order valence-electron chi connectivity index (χ0n) is 18.6. The van der Waals surface area contributed by atoms with E-state index in [2.05, 4.69) is 17.2 Å². The maximum Gasteiger partial charge on any atom is 0.330 e. The molecule has 31 heavy (non-hydrogen) atoms. The SMILES string of the molecule is CCC(C)OCC1CCC(n2cc(/C=C/C(=O)NCCCCCCN)c(=O)[nH]c2=O)O1. The van der Waals surface area contributed by atoms with Gasteiger partial charge in [-0.05, 0) is 51.6 Å². The third-order valence-corrected chi connectivity index (χ3v) is 5.38. The van der Waals surface area contributed by atoms with Crippen LogP contribution in [0, 0.1) is 0 Å². The highest BCUT2D eigenvalue weighted by atomic mass is 16.6. The van der Waals surface area contributed by atoms with Crippen molar-refractivity contribution in [1.82, 2.24) is 14.9 Å². The second-order valence-corrected chi connectivity index (χ2v) is 7.92. The molecule has 1 aromatic rings.